The van der Waals surface area contributed by atoms with Crippen LogP contribution in [0.2, 0.25) is 0 Å². The van der Waals surface area contributed by atoms with Gasteiger partial charge in [0, 0.05) is 12.1 Å². The number of hydrogen-bond acceptors (Lipinski definition) is 8. The molecule has 0 aliphatic rings. The number of furan rings is 1. The third kappa shape index (κ3) is 4.35. The molecular formula is C20H19NO7. The Hall–Kier alpha value is -3.68. The Morgan fingerprint density at radius 1 is 1.07 bits per heavy atom. The molecule has 0 saturated heterocycles. The highest BCUT2D eigenvalue weighted by Gasteiger charge is 2.13. The largest absolute Gasteiger partial charge is 0.493 e. The maximum absolute atomic E-state index is 12.0. The minimum absolute atomic E-state index is 0.0252. The van der Waals surface area contributed by atoms with E-state index >= 15 is 0 Å². The molecule has 2 heterocycles. The number of hydrogen-bond donors (Lipinski definition) is 0. The zero-order valence-electron chi connectivity index (χ0n) is 15.6. The van der Waals surface area contributed by atoms with Crippen molar-refractivity contribution in [2.24, 2.45) is 0 Å². The molecule has 0 atom stereocenters. The SMILES string of the molecule is COc1cc(/C=C/C(=O)OCc2cc(-c3ccco3)on2)cc(OC)c1OC. The summed E-state index contributed by atoms with van der Waals surface area (Å²) in [5.41, 5.74) is 1.16. The molecule has 8 nitrogen and oxygen atoms in total. The van der Waals surface area contributed by atoms with Gasteiger partial charge in [-0.2, -0.15) is 0 Å². The first-order valence-corrected chi connectivity index (χ1v) is 8.29. The average molecular weight is 385 g/mol. The van der Waals surface area contributed by atoms with Gasteiger partial charge in [-0.25, -0.2) is 4.79 Å². The molecule has 0 N–H and O–H groups in total. The fraction of sp³-hybridized carbons (Fsp3) is 0.200. The van der Waals surface area contributed by atoms with E-state index in [4.69, 9.17) is 27.9 Å². The second-order valence-electron chi connectivity index (χ2n) is 5.56. The van der Waals surface area contributed by atoms with Gasteiger partial charge in [0.1, 0.15) is 12.3 Å². The molecule has 1 aromatic carbocycles. The molecule has 0 saturated carbocycles. The molecule has 8 heteroatoms. The molecule has 0 unspecified atom stereocenters. The minimum atomic E-state index is -0.531. The summed E-state index contributed by atoms with van der Waals surface area (Å²) in [5, 5.41) is 3.84. The summed E-state index contributed by atoms with van der Waals surface area (Å²) >= 11 is 0. The van der Waals surface area contributed by atoms with Gasteiger partial charge in [-0.15, -0.1) is 0 Å². The molecule has 0 aliphatic heterocycles. The van der Waals surface area contributed by atoms with Crippen LogP contribution in [0.3, 0.4) is 0 Å². The summed E-state index contributed by atoms with van der Waals surface area (Å²) in [7, 11) is 4.57. The molecule has 3 aromatic rings. The van der Waals surface area contributed by atoms with E-state index in [0.717, 1.165) is 0 Å². The number of aromatic nitrogens is 1. The van der Waals surface area contributed by atoms with E-state index in [2.05, 4.69) is 5.16 Å². The second kappa shape index (κ2) is 8.81. The fourth-order valence-corrected chi connectivity index (χ4v) is 2.47. The third-order valence-corrected chi connectivity index (χ3v) is 3.78. The lowest BCUT2D eigenvalue weighted by Gasteiger charge is -2.12. The molecule has 0 radical (unpaired) electrons. The van der Waals surface area contributed by atoms with Gasteiger partial charge < -0.3 is 27.9 Å². The van der Waals surface area contributed by atoms with Crippen LogP contribution in [0.1, 0.15) is 11.3 Å². The van der Waals surface area contributed by atoms with Crippen LogP contribution in [0.25, 0.3) is 17.6 Å². The van der Waals surface area contributed by atoms with Crippen molar-refractivity contribution in [2.75, 3.05) is 21.3 Å². The Morgan fingerprint density at radius 2 is 1.82 bits per heavy atom. The summed E-state index contributed by atoms with van der Waals surface area (Å²) in [4.78, 5) is 12.0. The van der Waals surface area contributed by atoms with Crippen molar-refractivity contribution in [3.05, 3.63) is 53.9 Å². The third-order valence-electron chi connectivity index (χ3n) is 3.78. The van der Waals surface area contributed by atoms with Crippen LogP contribution < -0.4 is 14.2 Å². The standard InChI is InChI=1S/C20H19NO7/c1-23-17-9-13(10-18(24-2)20(17)25-3)6-7-19(22)27-12-14-11-16(28-21-14)15-5-4-8-26-15/h4-11H,12H2,1-3H3/b7-6+. The number of benzene rings is 1. The van der Waals surface area contributed by atoms with Crippen molar-refractivity contribution < 1.29 is 32.7 Å². The first-order valence-electron chi connectivity index (χ1n) is 8.29. The van der Waals surface area contributed by atoms with Gasteiger partial charge >= 0.3 is 5.97 Å². The molecule has 146 valence electrons. The number of rotatable bonds is 8. The number of carbonyl (C=O) groups is 1. The highest BCUT2D eigenvalue weighted by molar-refractivity contribution is 5.87. The van der Waals surface area contributed by atoms with E-state index in [1.165, 1.54) is 33.7 Å². The van der Waals surface area contributed by atoms with Crippen molar-refractivity contribution in [2.45, 2.75) is 6.61 Å². The predicted molar refractivity (Wildman–Crippen MR) is 99.1 cm³/mol. The molecular weight excluding hydrogens is 366 g/mol. The minimum Gasteiger partial charge on any atom is -0.493 e. The quantitative estimate of drug-likeness (QED) is 0.428. The van der Waals surface area contributed by atoms with Crippen LogP contribution in [-0.2, 0) is 16.1 Å². The monoisotopic (exact) mass is 385 g/mol. The van der Waals surface area contributed by atoms with Crippen molar-refractivity contribution in [3.8, 4) is 28.8 Å². The van der Waals surface area contributed by atoms with Gasteiger partial charge in [0.25, 0.3) is 0 Å². The number of nitrogens with zero attached hydrogens (tertiary/aromatic N) is 1. The van der Waals surface area contributed by atoms with E-state index in [-0.39, 0.29) is 6.61 Å². The number of carbonyl (C=O) groups excluding carboxylic acids is 1. The van der Waals surface area contributed by atoms with Crippen molar-refractivity contribution in [1.82, 2.24) is 5.16 Å². The molecule has 28 heavy (non-hydrogen) atoms. The Labute approximate surface area is 161 Å². The van der Waals surface area contributed by atoms with E-state index in [9.17, 15) is 4.79 Å². The molecule has 0 aliphatic carbocycles. The Kier molecular flexibility index (Phi) is 6.01. The molecule has 0 spiro atoms. The number of ether oxygens (including phenoxy) is 4. The zero-order valence-corrected chi connectivity index (χ0v) is 15.6. The summed E-state index contributed by atoms with van der Waals surface area (Å²) in [6.45, 7) is -0.0252. The average Bonchev–Trinajstić information content (AvgIpc) is 3.41. The maximum Gasteiger partial charge on any atom is 0.331 e. The summed E-state index contributed by atoms with van der Waals surface area (Å²) in [6.07, 6.45) is 4.42. The zero-order chi connectivity index (χ0) is 19.9. The van der Waals surface area contributed by atoms with Crippen LogP contribution in [-0.4, -0.2) is 32.5 Å². The molecule has 2 aromatic heterocycles. The number of methoxy groups -OCH3 is 3. The van der Waals surface area contributed by atoms with Crippen molar-refractivity contribution in [1.29, 1.82) is 0 Å². The van der Waals surface area contributed by atoms with Crippen LogP contribution >= 0.6 is 0 Å². The second-order valence-corrected chi connectivity index (χ2v) is 5.56. The highest BCUT2D eigenvalue weighted by atomic mass is 16.5. The smallest absolute Gasteiger partial charge is 0.331 e. The normalized spacial score (nSPS) is 10.8. The van der Waals surface area contributed by atoms with Crippen molar-refractivity contribution in [3.63, 3.8) is 0 Å². The van der Waals surface area contributed by atoms with Gasteiger partial charge in [-0.1, -0.05) is 5.16 Å². The maximum atomic E-state index is 12.0. The summed E-state index contributed by atoms with van der Waals surface area (Å²) < 4.78 is 31.4. The van der Waals surface area contributed by atoms with Gasteiger partial charge in [0.15, 0.2) is 17.3 Å². The van der Waals surface area contributed by atoms with Crippen molar-refractivity contribution >= 4 is 12.0 Å². The van der Waals surface area contributed by atoms with Gasteiger partial charge in [0.05, 0.1) is 27.6 Å². The predicted octanol–water partition coefficient (Wildman–Crippen LogP) is 3.72. The van der Waals surface area contributed by atoms with Gasteiger partial charge in [0.2, 0.25) is 11.5 Å². The molecule has 3 rings (SSSR count). The van der Waals surface area contributed by atoms with E-state index in [1.54, 1.807) is 36.4 Å². The number of esters is 1. The first-order chi connectivity index (χ1) is 13.6. The van der Waals surface area contributed by atoms with Crippen LogP contribution in [0.4, 0.5) is 0 Å². The van der Waals surface area contributed by atoms with E-state index in [0.29, 0.717) is 40.0 Å². The Morgan fingerprint density at radius 3 is 2.43 bits per heavy atom. The van der Waals surface area contributed by atoms with E-state index < -0.39 is 5.97 Å². The topological polar surface area (TPSA) is 93.2 Å². The highest BCUT2D eigenvalue weighted by Crippen LogP contribution is 2.38. The first kappa shape index (κ1) is 19.1. The van der Waals surface area contributed by atoms with Crippen LogP contribution in [0.15, 0.2) is 51.6 Å². The molecule has 0 bridgehead atoms. The lowest BCUT2D eigenvalue weighted by Crippen LogP contribution is -2.01. The van der Waals surface area contributed by atoms with Crippen LogP contribution in [0.5, 0.6) is 17.2 Å². The Bertz CT molecular complexity index is 932. The van der Waals surface area contributed by atoms with Crippen LogP contribution in [0, 0.1) is 0 Å². The summed E-state index contributed by atoms with van der Waals surface area (Å²) in [6, 6.07) is 8.58. The molecule has 0 fully saturated rings. The molecule has 0 amide bonds. The van der Waals surface area contributed by atoms with Gasteiger partial charge in [-0.3, -0.25) is 0 Å². The Balaban J connectivity index is 1.62. The van der Waals surface area contributed by atoms with Gasteiger partial charge in [-0.05, 0) is 35.9 Å². The van der Waals surface area contributed by atoms with E-state index in [1.807, 2.05) is 0 Å². The summed E-state index contributed by atoms with van der Waals surface area (Å²) in [5.74, 6) is 1.93. The fourth-order valence-electron chi connectivity index (χ4n) is 2.47. The lowest BCUT2D eigenvalue weighted by atomic mass is 10.1. The lowest BCUT2D eigenvalue weighted by molar-refractivity contribution is -0.139.